The Morgan fingerprint density at radius 1 is 1.00 bits per heavy atom. The van der Waals surface area contributed by atoms with Crippen LogP contribution >= 0.6 is 0 Å². The maximum Gasteiger partial charge on any atom is 0.330 e. The van der Waals surface area contributed by atoms with E-state index >= 15 is 0 Å². The number of carbonyl (C=O) groups excluding carboxylic acids is 1. The van der Waals surface area contributed by atoms with Crippen LogP contribution < -0.4 is 0 Å². The molecule has 0 unspecified atom stereocenters. The van der Waals surface area contributed by atoms with Crippen molar-refractivity contribution in [3.63, 3.8) is 0 Å². The highest BCUT2D eigenvalue weighted by Crippen LogP contribution is 2.43. The third-order valence-corrected chi connectivity index (χ3v) is 6.34. The van der Waals surface area contributed by atoms with E-state index in [1.54, 1.807) is 6.07 Å². The molecule has 0 atom stereocenters. The van der Waals surface area contributed by atoms with E-state index in [1.165, 1.54) is 18.2 Å². The van der Waals surface area contributed by atoms with Crippen LogP contribution in [0, 0.1) is 23.5 Å². The van der Waals surface area contributed by atoms with Gasteiger partial charge in [0, 0.05) is 6.08 Å². The van der Waals surface area contributed by atoms with Gasteiger partial charge in [-0.15, -0.1) is 0 Å². The first-order valence-electron chi connectivity index (χ1n) is 10.4. The van der Waals surface area contributed by atoms with Crippen LogP contribution in [-0.2, 0) is 9.53 Å². The molecule has 1 aromatic rings. The first-order valence-corrected chi connectivity index (χ1v) is 10.4. The number of hydrogen-bond donors (Lipinski definition) is 0. The van der Waals surface area contributed by atoms with Gasteiger partial charge in [0.25, 0.3) is 0 Å². The van der Waals surface area contributed by atoms with Crippen LogP contribution in [0.3, 0.4) is 0 Å². The van der Waals surface area contributed by atoms with Gasteiger partial charge in [-0.3, -0.25) is 0 Å². The predicted octanol–water partition coefficient (Wildman–Crippen LogP) is 6.31. The zero-order chi connectivity index (χ0) is 19.2. The molecule has 2 aliphatic rings. The zero-order valence-corrected chi connectivity index (χ0v) is 16.1. The van der Waals surface area contributed by atoms with Crippen molar-refractivity contribution < 1.29 is 18.3 Å². The molecule has 148 valence electrons. The second-order valence-electron chi connectivity index (χ2n) is 8.07. The van der Waals surface area contributed by atoms with Crippen LogP contribution in [0.15, 0.2) is 30.4 Å². The average molecular weight is 376 g/mol. The number of hydrogen-bond acceptors (Lipinski definition) is 2. The van der Waals surface area contributed by atoms with Gasteiger partial charge in [0.2, 0.25) is 0 Å². The highest BCUT2D eigenvalue weighted by molar-refractivity contribution is 5.82. The van der Waals surface area contributed by atoms with Crippen LogP contribution in [0.25, 0.3) is 0 Å². The normalized spacial score (nSPS) is 29.0. The number of rotatable bonds is 5. The number of halogens is 2. The Hall–Kier alpha value is -1.71. The first kappa shape index (κ1) is 20.0. The molecule has 0 radical (unpaired) electrons. The molecule has 2 aliphatic carbocycles. The van der Waals surface area contributed by atoms with Crippen molar-refractivity contribution in [2.45, 2.75) is 76.7 Å². The van der Waals surface area contributed by atoms with Gasteiger partial charge in [0.15, 0.2) is 11.6 Å². The Morgan fingerprint density at radius 3 is 2.22 bits per heavy atom. The van der Waals surface area contributed by atoms with Gasteiger partial charge in [-0.2, -0.15) is 0 Å². The number of esters is 1. The monoisotopic (exact) mass is 376 g/mol. The summed E-state index contributed by atoms with van der Waals surface area (Å²) in [5.74, 6) is 0.0397. The summed E-state index contributed by atoms with van der Waals surface area (Å²) in [7, 11) is 0. The smallest absolute Gasteiger partial charge is 0.330 e. The van der Waals surface area contributed by atoms with Crippen LogP contribution in [0.5, 0.6) is 0 Å². The SMILES string of the molecule is CCC=CC(=O)OC1CCC(C2CCC(c3ccc(F)c(F)c3)CC2)CC1. The third kappa shape index (κ3) is 5.40. The molecule has 0 heterocycles. The minimum Gasteiger partial charge on any atom is -0.459 e. The molecule has 3 rings (SSSR count). The number of ether oxygens (including phenoxy) is 1. The summed E-state index contributed by atoms with van der Waals surface area (Å²) in [4.78, 5) is 11.7. The summed E-state index contributed by atoms with van der Waals surface area (Å²) in [6.45, 7) is 2.00. The minimum absolute atomic E-state index is 0.0637. The molecule has 4 heteroatoms. The number of benzene rings is 1. The van der Waals surface area contributed by atoms with Crippen molar-refractivity contribution in [1.82, 2.24) is 0 Å². The molecular weight excluding hydrogens is 346 g/mol. The van der Waals surface area contributed by atoms with Crippen LogP contribution in [-0.4, -0.2) is 12.1 Å². The van der Waals surface area contributed by atoms with Crippen LogP contribution in [0.1, 0.15) is 76.2 Å². The van der Waals surface area contributed by atoms with Crippen molar-refractivity contribution in [2.24, 2.45) is 11.8 Å². The van der Waals surface area contributed by atoms with Crippen molar-refractivity contribution in [3.05, 3.63) is 47.5 Å². The van der Waals surface area contributed by atoms with E-state index in [1.807, 2.05) is 13.0 Å². The standard InChI is InChI=1S/C23H30F2O2/c1-2-3-4-23(26)27-20-12-9-17(10-13-20)16-5-7-18(8-6-16)19-11-14-21(24)22(25)15-19/h3-4,11,14-18,20H,2,5-10,12-13H2,1H3. The second kappa shape index (κ2) is 9.48. The van der Waals surface area contributed by atoms with Crippen LogP contribution in [0.2, 0.25) is 0 Å². The lowest BCUT2D eigenvalue weighted by Gasteiger charge is -2.37. The first-order chi connectivity index (χ1) is 13.1. The molecule has 0 saturated heterocycles. The number of carbonyl (C=O) groups is 1. The summed E-state index contributed by atoms with van der Waals surface area (Å²) in [6, 6.07) is 4.35. The maximum absolute atomic E-state index is 13.5. The largest absolute Gasteiger partial charge is 0.459 e. The molecule has 2 saturated carbocycles. The van der Waals surface area contributed by atoms with E-state index in [0.29, 0.717) is 17.8 Å². The summed E-state index contributed by atoms with van der Waals surface area (Å²) in [6.07, 6.45) is 12.8. The Balaban J connectivity index is 1.43. The fourth-order valence-electron chi connectivity index (χ4n) is 4.79. The Morgan fingerprint density at radius 2 is 1.63 bits per heavy atom. The summed E-state index contributed by atoms with van der Waals surface area (Å²) in [5.41, 5.74) is 0.933. The molecule has 0 N–H and O–H groups in total. The number of allylic oxidation sites excluding steroid dienone is 1. The summed E-state index contributed by atoms with van der Waals surface area (Å²) >= 11 is 0. The molecule has 2 nitrogen and oxygen atoms in total. The Kier molecular flexibility index (Phi) is 7.03. The highest BCUT2D eigenvalue weighted by atomic mass is 19.2. The van der Waals surface area contributed by atoms with E-state index < -0.39 is 11.6 Å². The van der Waals surface area contributed by atoms with E-state index in [4.69, 9.17) is 4.74 Å². The summed E-state index contributed by atoms with van der Waals surface area (Å²) < 4.78 is 32.1. The average Bonchev–Trinajstić information content (AvgIpc) is 2.69. The lowest BCUT2D eigenvalue weighted by Crippen LogP contribution is -2.29. The van der Waals surface area contributed by atoms with Crippen molar-refractivity contribution in [2.75, 3.05) is 0 Å². The van der Waals surface area contributed by atoms with Crippen LogP contribution in [0.4, 0.5) is 8.78 Å². The summed E-state index contributed by atoms with van der Waals surface area (Å²) in [5, 5.41) is 0. The molecule has 1 aromatic carbocycles. The maximum atomic E-state index is 13.5. The highest BCUT2D eigenvalue weighted by Gasteiger charge is 2.32. The Bertz CT molecular complexity index is 654. The predicted molar refractivity (Wildman–Crippen MR) is 102 cm³/mol. The minimum atomic E-state index is -0.768. The zero-order valence-electron chi connectivity index (χ0n) is 16.1. The van der Waals surface area contributed by atoms with Gasteiger partial charge in [-0.1, -0.05) is 19.1 Å². The molecular formula is C23H30F2O2. The van der Waals surface area contributed by atoms with Crippen molar-refractivity contribution in [3.8, 4) is 0 Å². The van der Waals surface area contributed by atoms with Gasteiger partial charge in [0.05, 0.1) is 0 Å². The topological polar surface area (TPSA) is 26.3 Å². The molecule has 0 spiro atoms. The van der Waals surface area contributed by atoms with Crippen molar-refractivity contribution in [1.29, 1.82) is 0 Å². The van der Waals surface area contributed by atoms with Gasteiger partial charge in [0.1, 0.15) is 6.10 Å². The van der Waals surface area contributed by atoms with E-state index in [2.05, 4.69) is 0 Å². The van der Waals surface area contributed by atoms with E-state index in [-0.39, 0.29) is 12.1 Å². The second-order valence-corrected chi connectivity index (χ2v) is 8.07. The third-order valence-electron chi connectivity index (χ3n) is 6.34. The molecule has 0 aliphatic heterocycles. The molecule has 0 amide bonds. The molecule has 2 fully saturated rings. The van der Waals surface area contributed by atoms with Gasteiger partial charge in [-0.05, 0) is 93.2 Å². The van der Waals surface area contributed by atoms with Gasteiger partial charge < -0.3 is 4.74 Å². The molecule has 0 aromatic heterocycles. The fourth-order valence-corrected chi connectivity index (χ4v) is 4.79. The molecule has 0 bridgehead atoms. The van der Waals surface area contributed by atoms with Gasteiger partial charge >= 0.3 is 5.97 Å². The lowest BCUT2D eigenvalue weighted by atomic mass is 9.69. The Labute approximate surface area is 161 Å². The van der Waals surface area contributed by atoms with Gasteiger partial charge in [-0.25, -0.2) is 13.6 Å². The molecule has 27 heavy (non-hydrogen) atoms. The quantitative estimate of drug-likeness (QED) is 0.445. The lowest BCUT2D eigenvalue weighted by molar-refractivity contribution is -0.145. The van der Waals surface area contributed by atoms with Crippen molar-refractivity contribution >= 4 is 5.97 Å². The fraction of sp³-hybridized carbons (Fsp3) is 0.609. The van der Waals surface area contributed by atoms with E-state index in [0.717, 1.165) is 63.4 Å². The van der Waals surface area contributed by atoms with E-state index in [9.17, 15) is 13.6 Å².